The lowest BCUT2D eigenvalue weighted by Gasteiger charge is -2.15. The number of aromatic nitrogens is 4. The molecule has 0 aliphatic heterocycles. The van der Waals surface area contributed by atoms with Crippen LogP contribution in [0, 0.1) is 0 Å². The SMILES string of the molecule is CCc1cccc(CC(=O)OC)c1OCCCc1cn(-c2ccc(C(F)(F)F)nn2)nc1C(C)C. The van der Waals surface area contributed by atoms with Crippen LogP contribution in [0.25, 0.3) is 5.82 Å². The third-order valence-corrected chi connectivity index (χ3v) is 5.50. The average Bonchev–Trinajstić information content (AvgIpc) is 3.26. The fourth-order valence-electron chi connectivity index (χ4n) is 3.72. The molecule has 0 atom stereocenters. The van der Waals surface area contributed by atoms with Gasteiger partial charge in [0.1, 0.15) is 5.75 Å². The normalized spacial score (nSPS) is 11.7. The van der Waals surface area contributed by atoms with Gasteiger partial charge in [-0.2, -0.15) is 18.3 Å². The third-order valence-electron chi connectivity index (χ3n) is 5.50. The number of carbonyl (C=O) groups is 1. The van der Waals surface area contributed by atoms with Crippen LogP contribution < -0.4 is 4.74 Å². The number of esters is 1. The molecule has 10 heteroatoms. The summed E-state index contributed by atoms with van der Waals surface area (Å²) in [4.78, 5) is 11.8. The molecule has 3 aromatic rings. The highest BCUT2D eigenvalue weighted by Crippen LogP contribution is 2.28. The summed E-state index contributed by atoms with van der Waals surface area (Å²) < 4.78 is 50.7. The summed E-state index contributed by atoms with van der Waals surface area (Å²) in [6.45, 7) is 6.45. The van der Waals surface area contributed by atoms with Gasteiger partial charge in [-0.3, -0.25) is 4.79 Å². The van der Waals surface area contributed by atoms with E-state index in [1.165, 1.54) is 17.9 Å². The Hall–Kier alpha value is -3.43. The highest BCUT2D eigenvalue weighted by Gasteiger charge is 2.33. The van der Waals surface area contributed by atoms with Crippen LogP contribution in [0.3, 0.4) is 0 Å². The number of methoxy groups -OCH3 is 1. The van der Waals surface area contributed by atoms with Gasteiger partial charge in [0.25, 0.3) is 0 Å². The monoisotopic (exact) mass is 490 g/mol. The largest absolute Gasteiger partial charge is 0.493 e. The highest BCUT2D eigenvalue weighted by molar-refractivity contribution is 5.73. The molecule has 0 aliphatic carbocycles. The van der Waals surface area contributed by atoms with Crippen LogP contribution in [0.1, 0.15) is 61.2 Å². The standard InChI is InChI=1S/C25H29F3N4O3/c1-5-17-8-6-9-18(14-22(33)34-4)24(17)35-13-7-10-19-15-32(31-23(19)16(2)3)21-12-11-20(29-30-21)25(26,27)28/h6,8-9,11-12,15-16H,5,7,10,13-14H2,1-4H3. The van der Waals surface area contributed by atoms with E-state index in [-0.39, 0.29) is 24.1 Å². The lowest BCUT2D eigenvalue weighted by atomic mass is 10.0. The quantitative estimate of drug-likeness (QED) is 0.291. The van der Waals surface area contributed by atoms with Crippen molar-refractivity contribution in [2.75, 3.05) is 13.7 Å². The Morgan fingerprint density at radius 1 is 1.09 bits per heavy atom. The Kier molecular flexibility index (Phi) is 8.48. The predicted molar refractivity (Wildman–Crippen MR) is 124 cm³/mol. The van der Waals surface area contributed by atoms with Crippen LogP contribution in [0.2, 0.25) is 0 Å². The van der Waals surface area contributed by atoms with E-state index in [2.05, 4.69) is 15.3 Å². The maximum atomic E-state index is 12.8. The minimum Gasteiger partial charge on any atom is -0.493 e. The van der Waals surface area contributed by atoms with Crippen LogP contribution >= 0.6 is 0 Å². The van der Waals surface area contributed by atoms with Gasteiger partial charge in [0.15, 0.2) is 11.5 Å². The van der Waals surface area contributed by atoms with Gasteiger partial charge in [-0.25, -0.2) is 4.68 Å². The maximum absolute atomic E-state index is 12.8. The van der Waals surface area contributed by atoms with Crippen molar-refractivity contribution >= 4 is 5.97 Å². The molecule has 0 saturated heterocycles. The number of para-hydroxylation sites is 1. The summed E-state index contributed by atoms with van der Waals surface area (Å²) in [6.07, 6.45) is -0.533. The molecule has 2 aromatic heterocycles. The number of nitrogens with zero attached hydrogens (tertiary/aromatic N) is 4. The minimum absolute atomic E-state index is 0.113. The topological polar surface area (TPSA) is 79.1 Å². The van der Waals surface area contributed by atoms with Crippen molar-refractivity contribution in [2.45, 2.75) is 58.5 Å². The lowest BCUT2D eigenvalue weighted by Crippen LogP contribution is -2.10. The molecule has 188 valence electrons. The molecule has 2 heterocycles. The van der Waals surface area contributed by atoms with Gasteiger partial charge >= 0.3 is 12.1 Å². The van der Waals surface area contributed by atoms with Gasteiger partial charge in [0.05, 0.1) is 25.8 Å². The molecule has 1 aromatic carbocycles. The van der Waals surface area contributed by atoms with Crippen molar-refractivity contribution in [3.8, 4) is 11.6 Å². The molecule has 0 spiro atoms. The molecule has 0 radical (unpaired) electrons. The van der Waals surface area contributed by atoms with Crippen molar-refractivity contribution in [1.29, 1.82) is 0 Å². The van der Waals surface area contributed by atoms with E-state index >= 15 is 0 Å². The summed E-state index contributed by atoms with van der Waals surface area (Å²) in [5.74, 6) is 0.706. The highest BCUT2D eigenvalue weighted by atomic mass is 19.4. The average molecular weight is 491 g/mol. The number of aryl methyl sites for hydroxylation is 2. The summed E-state index contributed by atoms with van der Waals surface area (Å²) >= 11 is 0. The van der Waals surface area contributed by atoms with Crippen LogP contribution in [0.4, 0.5) is 13.2 Å². The summed E-state index contributed by atoms with van der Waals surface area (Å²) in [5, 5.41) is 11.5. The zero-order chi connectivity index (χ0) is 25.6. The van der Waals surface area contributed by atoms with E-state index < -0.39 is 11.9 Å². The molecule has 0 unspecified atom stereocenters. The molecule has 0 N–H and O–H groups in total. The van der Waals surface area contributed by atoms with E-state index in [1.54, 1.807) is 6.20 Å². The number of alkyl halides is 3. The molecule has 0 fully saturated rings. The third kappa shape index (κ3) is 6.58. The van der Waals surface area contributed by atoms with E-state index in [0.29, 0.717) is 25.2 Å². The van der Waals surface area contributed by atoms with Crippen LogP contribution in [-0.4, -0.2) is 39.7 Å². The number of carbonyl (C=O) groups excluding carboxylic acids is 1. The van der Waals surface area contributed by atoms with Gasteiger partial charge in [-0.1, -0.05) is 39.0 Å². The van der Waals surface area contributed by atoms with E-state index in [4.69, 9.17) is 9.47 Å². The summed E-state index contributed by atoms with van der Waals surface area (Å²) in [7, 11) is 1.36. The Morgan fingerprint density at radius 2 is 1.83 bits per heavy atom. The molecular formula is C25H29F3N4O3. The van der Waals surface area contributed by atoms with Crippen molar-refractivity contribution in [2.24, 2.45) is 0 Å². The Balaban J connectivity index is 1.71. The van der Waals surface area contributed by atoms with Gasteiger partial charge in [-0.05, 0) is 48.4 Å². The van der Waals surface area contributed by atoms with Gasteiger partial charge in [0.2, 0.25) is 0 Å². The van der Waals surface area contributed by atoms with E-state index in [0.717, 1.165) is 34.9 Å². The molecule has 3 rings (SSSR count). The molecule has 0 bridgehead atoms. The number of hydrogen-bond acceptors (Lipinski definition) is 6. The molecule has 35 heavy (non-hydrogen) atoms. The summed E-state index contributed by atoms with van der Waals surface area (Å²) in [5.41, 5.74) is 2.56. The predicted octanol–water partition coefficient (Wildman–Crippen LogP) is 5.09. The van der Waals surface area contributed by atoms with Gasteiger partial charge in [0, 0.05) is 11.8 Å². The molecule has 7 nitrogen and oxygen atoms in total. The zero-order valence-electron chi connectivity index (χ0n) is 20.2. The number of rotatable bonds is 10. The summed E-state index contributed by atoms with van der Waals surface area (Å²) in [6, 6.07) is 7.88. The van der Waals surface area contributed by atoms with E-state index in [1.807, 2.05) is 39.0 Å². The first-order chi connectivity index (χ1) is 16.6. The number of halogens is 3. The minimum atomic E-state index is -4.54. The zero-order valence-corrected chi connectivity index (χ0v) is 20.2. The first-order valence-electron chi connectivity index (χ1n) is 11.4. The first kappa shape index (κ1) is 26.2. The van der Waals surface area contributed by atoms with Gasteiger partial charge in [-0.15, -0.1) is 10.2 Å². The molecular weight excluding hydrogens is 461 g/mol. The van der Waals surface area contributed by atoms with Crippen molar-refractivity contribution < 1.29 is 27.4 Å². The van der Waals surface area contributed by atoms with Crippen molar-refractivity contribution in [1.82, 2.24) is 20.0 Å². The fraction of sp³-hybridized carbons (Fsp3) is 0.440. The van der Waals surface area contributed by atoms with Crippen LogP contribution in [0.5, 0.6) is 5.75 Å². The van der Waals surface area contributed by atoms with Crippen LogP contribution in [0.15, 0.2) is 36.5 Å². The first-order valence-corrected chi connectivity index (χ1v) is 11.4. The number of ether oxygens (including phenoxy) is 2. The lowest BCUT2D eigenvalue weighted by molar-refractivity contribution is -0.142. The van der Waals surface area contributed by atoms with E-state index in [9.17, 15) is 18.0 Å². The Bertz CT molecular complexity index is 1140. The van der Waals surface area contributed by atoms with Crippen molar-refractivity contribution in [3.63, 3.8) is 0 Å². The maximum Gasteiger partial charge on any atom is 0.435 e. The number of benzene rings is 1. The molecule has 0 saturated carbocycles. The Labute approximate surface area is 202 Å². The van der Waals surface area contributed by atoms with Crippen LogP contribution in [-0.2, 0) is 35.0 Å². The van der Waals surface area contributed by atoms with Crippen molar-refractivity contribution in [3.05, 3.63) is 64.6 Å². The second-order valence-electron chi connectivity index (χ2n) is 8.38. The second kappa shape index (κ2) is 11.3. The van der Waals surface area contributed by atoms with Gasteiger partial charge < -0.3 is 9.47 Å². The smallest absolute Gasteiger partial charge is 0.435 e. The molecule has 0 aliphatic rings. The molecule has 0 amide bonds. The fourth-order valence-corrected chi connectivity index (χ4v) is 3.72. The Morgan fingerprint density at radius 3 is 2.43 bits per heavy atom. The second-order valence-corrected chi connectivity index (χ2v) is 8.38. The number of hydrogen-bond donors (Lipinski definition) is 0.